The molecule has 2 heterocycles. The highest BCUT2D eigenvalue weighted by Crippen LogP contribution is 2.34. The quantitative estimate of drug-likeness (QED) is 0.828. The molecule has 3 rings (SSSR count). The fourth-order valence-corrected chi connectivity index (χ4v) is 3.91. The molecule has 0 N–H and O–H groups in total. The van der Waals surface area contributed by atoms with Crippen LogP contribution in [0.25, 0.3) is 0 Å². The van der Waals surface area contributed by atoms with E-state index in [2.05, 4.69) is 23.7 Å². The smallest absolute Gasteiger partial charge is 0.123 e. The van der Waals surface area contributed by atoms with E-state index in [1.54, 1.807) is 23.5 Å². The van der Waals surface area contributed by atoms with Gasteiger partial charge in [0.25, 0.3) is 0 Å². The van der Waals surface area contributed by atoms with Crippen molar-refractivity contribution in [2.75, 3.05) is 0 Å². The van der Waals surface area contributed by atoms with E-state index >= 15 is 0 Å². The lowest BCUT2D eigenvalue weighted by atomic mass is 9.89. The SMILES string of the molecule is Cc1ncc(CN2[C@H](C)Cc3cc(F)ccc3[C@@H]2C)s1. The van der Waals surface area contributed by atoms with Crippen LogP contribution in [0.5, 0.6) is 0 Å². The molecule has 0 saturated carbocycles. The van der Waals surface area contributed by atoms with Gasteiger partial charge in [-0.1, -0.05) is 6.07 Å². The molecule has 1 aliphatic heterocycles. The van der Waals surface area contributed by atoms with Crippen LogP contribution >= 0.6 is 11.3 Å². The summed E-state index contributed by atoms with van der Waals surface area (Å²) < 4.78 is 13.4. The van der Waals surface area contributed by atoms with Gasteiger partial charge in [0.15, 0.2) is 0 Å². The second-order valence-electron chi connectivity index (χ2n) is 5.59. The molecule has 2 nitrogen and oxygen atoms in total. The van der Waals surface area contributed by atoms with Crippen LogP contribution in [0, 0.1) is 12.7 Å². The zero-order valence-corrected chi connectivity index (χ0v) is 12.9. The van der Waals surface area contributed by atoms with Crippen LogP contribution in [-0.4, -0.2) is 15.9 Å². The van der Waals surface area contributed by atoms with E-state index in [9.17, 15) is 4.39 Å². The topological polar surface area (TPSA) is 16.1 Å². The fraction of sp³-hybridized carbons (Fsp3) is 0.438. The highest BCUT2D eigenvalue weighted by Gasteiger charge is 2.29. The summed E-state index contributed by atoms with van der Waals surface area (Å²) in [7, 11) is 0. The Morgan fingerprint density at radius 1 is 1.40 bits per heavy atom. The van der Waals surface area contributed by atoms with Gasteiger partial charge in [-0.05, 0) is 50.5 Å². The maximum absolute atomic E-state index is 13.4. The highest BCUT2D eigenvalue weighted by molar-refractivity contribution is 7.11. The standard InChI is InChI=1S/C16H19FN2S/c1-10-6-13-7-14(17)4-5-16(13)11(2)19(10)9-15-8-18-12(3)20-15/h4-5,7-8,10-11H,6,9H2,1-3H3/t10-,11+/m1/s1. The average Bonchev–Trinajstić information content (AvgIpc) is 2.80. The number of rotatable bonds is 2. The molecular weight excluding hydrogens is 271 g/mol. The molecule has 1 aromatic carbocycles. The van der Waals surface area contributed by atoms with E-state index in [4.69, 9.17) is 0 Å². The van der Waals surface area contributed by atoms with Gasteiger partial charge < -0.3 is 0 Å². The lowest BCUT2D eigenvalue weighted by molar-refractivity contribution is 0.130. The van der Waals surface area contributed by atoms with Crippen LogP contribution in [0.4, 0.5) is 4.39 Å². The van der Waals surface area contributed by atoms with Crippen molar-refractivity contribution in [1.82, 2.24) is 9.88 Å². The molecule has 0 saturated heterocycles. The number of hydrogen-bond acceptors (Lipinski definition) is 3. The molecule has 2 aromatic rings. The van der Waals surface area contributed by atoms with E-state index in [0.717, 1.165) is 23.5 Å². The van der Waals surface area contributed by atoms with Crippen LogP contribution in [0.3, 0.4) is 0 Å². The number of aromatic nitrogens is 1. The summed E-state index contributed by atoms with van der Waals surface area (Å²) in [5.41, 5.74) is 2.41. The maximum atomic E-state index is 13.4. The summed E-state index contributed by atoms with van der Waals surface area (Å²) in [5, 5.41) is 1.11. The number of aryl methyl sites for hydroxylation is 1. The Morgan fingerprint density at radius 3 is 2.90 bits per heavy atom. The van der Waals surface area contributed by atoms with Crippen molar-refractivity contribution in [3.63, 3.8) is 0 Å². The van der Waals surface area contributed by atoms with Gasteiger partial charge in [-0.25, -0.2) is 9.37 Å². The van der Waals surface area contributed by atoms with Gasteiger partial charge in [0, 0.05) is 29.7 Å². The van der Waals surface area contributed by atoms with Crippen LogP contribution < -0.4 is 0 Å². The van der Waals surface area contributed by atoms with Crippen molar-refractivity contribution in [3.05, 3.63) is 51.2 Å². The molecule has 4 heteroatoms. The Hall–Kier alpha value is -1.26. The first-order chi connectivity index (χ1) is 9.54. The van der Waals surface area contributed by atoms with Gasteiger partial charge in [0.1, 0.15) is 5.82 Å². The monoisotopic (exact) mass is 290 g/mol. The van der Waals surface area contributed by atoms with Gasteiger partial charge >= 0.3 is 0 Å². The van der Waals surface area contributed by atoms with Crippen molar-refractivity contribution >= 4 is 11.3 Å². The molecule has 0 aliphatic carbocycles. The van der Waals surface area contributed by atoms with Gasteiger partial charge in [-0.3, -0.25) is 4.90 Å². The summed E-state index contributed by atoms with van der Waals surface area (Å²) >= 11 is 1.76. The zero-order chi connectivity index (χ0) is 14.3. The predicted molar refractivity (Wildman–Crippen MR) is 80.4 cm³/mol. The molecule has 0 unspecified atom stereocenters. The third-order valence-electron chi connectivity index (χ3n) is 4.14. The van der Waals surface area contributed by atoms with Gasteiger partial charge in [-0.15, -0.1) is 11.3 Å². The summed E-state index contributed by atoms with van der Waals surface area (Å²) in [6.07, 6.45) is 2.88. The number of hydrogen-bond donors (Lipinski definition) is 0. The summed E-state index contributed by atoms with van der Waals surface area (Å²) in [5.74, 6) is -0.130. The summed E-state index contributed by atoms with van der Waals surface area (Å²) in [6.45, 7) is 7.39. The minimum Gasteiger partial charge on any atom is -0.288 e. The Kier molecular flexibility index (Phi) is 3.61. The molecular formula is C16H19FN2S. The Bertz CT molecular complexity index is 623. The van der Waals surface area contributed by atoms with Crippen molar-refractivity contribution in [2.24, 2.45) is 0 Å². The third kappa shape index (κ3) is 2.50. The van der Waals surface area contributed by atoms with Gasteiger partial charge in [-0.2, -0.15) is 0 Å². The lowest BCUT2D eigenvalue weighted by Gasteiger charge is -2.40. The second kappa shape index (κ2) is 5.26. The van der Waals surface area contributed by atoms with Crippen molar-refractivity contribution in [1.29, 1.82) is 0 Å². The van der Waals surface area contributed by atoms with Crippen LogP contribution in [0.2, 0.25) is 0 Å². The minimum atomic E-state index is -0.130. The molecule has 106 valence electrons. The molecule has 2 atom stereocenters. The van der Waals surface area contributed by atoms with Crippen LogP contribution in [-0.2, 0) is 13.0 Å². The normalized spacial score (nSPS) is 22.8. The van der Waals surface area contributed by atoms with E-state index < -0.39 is 0 Å². The number of benzene rings is 1. The van der Waals surface area contributed by atoms with Crippen molar-refractivity contribution in [3.8, 4) is 0 Å². The molecule has 0 radical (unpaired) electrons. The summed E-state index contributed by atoms with van der Waals surface area (Å²) in [6, 6.07) is 5.93. The van der Waals surface area contributed by atoms with Gasteiger partial charge in [0.2, 0.25) is 0 Å². The van der Waals surface area contributed by atoms with Crippen LogP contribution in [0.15, 0.2) is 24.4 Å². The molecule has 20 heavy (non-hydrogen) atoms. The van der Waals surface area contributed by atoms with E-state index in [-0.39, 0.29) is 5.82 Å². The van der Waals surface area contributed by atoms with E-state index in [0.29, 0.717) is 12.1 Å². The third-order valence-corrected chi connectivity index (χ3v) is 5.04. The second-order valence-corrected chi connectivity index (χ2v) is 6.91. The fourth-order valence-electron chi connectivity index (χ4n) is 3.11. The molecule has 0 amide bonds. The number of nitrogens with zero attached hydrogens (tertiary/aromatic N) is 2. The van der Waals surface area contributed by atoms with E-state index in [1.807, 2.05) is 19.2 Å². The highest BCUT2D eigenvalue weighted by atomic mass is 32.1. The van der Waals surface area contributed by atoms with Crippen molar-refractivity contribution in [2.45, 2.75) is 45.8 Å². The van der Waals surface area contributed by atoms with Crippen LogP contribution in [0.1, 0.15) is 40.9 Å². The Morgan fingerprint density at radius 2 is 2.20 bits per heavy atom. The first-order valence-electron chi connectivity index (χ1n) is 7.00. The largest absolute Gasteiger partial charge is 0.288 e. The first-order valence-corrected chi connectivity index (χ1v) is 7.81. The molecule has 0 fully saturated rings. The predicted octanol–water partition coefficient (Wildman–Crippen LogP) is 4.10. The Labute approximate surface area is 123 Å². The van der Waals surface area contributed by atoms with Gasteiger partial charge in [0.05, 0.1) is 5.01 Å². The summed E-state index contributed by atoms with van der Waals surface area (Å²) in [4.78, 5) is 8.11. The Balaban J connectivity index is 1.88. The number of halogens is 1. The zero-order valence-electron chi connectivity index (χ0n) is 12.1. The molecule has 0 spiro atoms. The maximum Gasteiger partial charge on any atom is 0.123 e. The van der Waals surface area contributed by atoms with Crippen molar-refractivity contribution < 1.29 is 4.39 Å². The van der Waals surface area contributed by atoms with E-state index in [1.165, 1.54) is 10.4 Å². The molecule has 1 aromatic heterocycles. The molecule has 0 bridgehead atoms. The molecule has 1 aliphatic rings. The first kappa shape index (κ1) is 13.7. The average molecular weight is 290 g/mol. The lowest BCUT2D eigenvalue weighted by Crippen LogP contribution is -2.40. The number of fused-ring (bicyclic) bond motifs is 1. The minimum absolute atomic E-state index is 0.130. The number of thiazole rings is 1.